The van der Waals surface area contributed by atoms with Crippen LogP contribution in [0.4, 0.5) is 15.9 Å². The van der Waals surface area contributed by atoms with Crippen LogP contribution in [0, 0.1) is 24.1 Å². The van der Waals surface area contributed by atoms with Crippen molar-refractivity contribution in [1.82, 2.24) is 50.1 Å². The number of allylic oxidation sites excluding steroid dienone is 1. The van der Waals surface area contributed by atoms with Crippen molar-refractivity contribution < 1.29 is 47.7 Å². The first-order chi connectivity index (χ1) is 60.9. The standard InChI is InChI=1S/C30H23N5O.C26H31N3O5.C26H29N3O3.C20H19FN2O.CH4/c1-30(2,18-31)22-9-11-23(12-10-22)35-28-24-15-19(21-14-20-6-4-5-7-25(20)32-16-21)8-13-26(24)33-17-27(28)34(3)29(35)36;1-4-27-26(32)24-23(18-7-5-17(6-8-18)15-29-9-11-33-12-10-29)25(34-28-24)20-13-19(16(2)3)21(30)14-22(20)31;1-17-15-29(16-18(2)32-17)25-13-10-21(14-27-25)28-26(30)24-7-5-6-23(19(24)3)20-8-11-22(31-4)12-9-20;1-22-11-12-2-4-13(5-3-12)17-9-14-8-15(21)10-18-19(14)16(17)6-7-23-20(18)24;/h4-17H,1-3H3;5-8,13-14,16,30-31H,4,9-12,15H2,1-3H3,(H,27,32);5-14,17-18H,15-16H2,1-4H3,(H,28,30);2-5,8,10,22H,6-7,9,11H2,1H3,(H,23,24);1H4/t;;17-,18+;;. The molecule has 23 nitrogen and oxygen atoms in total. The highest BCUT2D eigenvalue weighted by Gasteiger charge is 2.33. The normalized spacial score (nSPS) is 14.9. The van der Waals surface area contributed by atoms with Crippen LogP contribution in [0.2, 0.25) is 0 Å². The zero-order chi connectivity index (χ0) is 88.6. The van der Waals surface area contributed by atoms with E-state index in [2.05, 4.69) is 114 Å². The molecule has 0 spiro atoms. The highest BCUT2D eigenvalue weighted by molar-refractivity contribution is 6.09. The van der Waals surface area contributed by atoms with E-state index in [4.69, 9.17) is 18.7 Å². The van der Waals surface area contributed by atoms with Crippen molar-refractivity contribution >= 4 is 73.2 Å². The highest BCUT2D eigenvalue weighted by atomic mass is 19.1. The minimum absolute atomic E-state index is 0. The molecule has 0 saturated carbocycles. The van der Waals surface area contributed by atoms with Gasteiger partial charge in [-0.3, -0.25) is 38.4 Å². The predicted molar refractivity (Wildman–Crippen MR) is 499 cm³/mol. The lowest BCUT2D eigenvalue weighted by molar-refractivity contribution is -0.00546. The lowest BCUT2D eigenvalue weighted by atomic mass is 9.86. The largest absolute Gasteiger partial charge is 0.508 e. The van der Waals surface area contributed by atoms with E-state index in [0.717, 1.165) is 170 Å². The SMILES string of the molecule is C.CCNC(=O)c1noc(-c2cc(C(C)C)c(O)cc2O)c1-c1ccc(CN2CCOCC2)cc1.CNCc1ccc(C2=C3CCNC(=O)c4cc(F)cc(c43)C2)cc1.COc1ccc(-c2cccc(C(=O)Nc3ccc(N4C[C@@H](C)O[C@@H](C)C4)nc3)c2C)cc1.Cn1c(=O)n(-c2ccc(C(C)(C)C#N)cc2)c2c3cc(-c4cnc5ccccc5c4)ccc3ncc21. The van der Waals surface area contributed by atoms with Gasteiger partial charge >= 0.3 is 5.69 Å². The van der Waals surface area contributed by atoms with Crippen molar-refractivity contribution in [2.24, 2.45) is 7.05 Å². The summed E-state index contributed by atoms with van der Waals surface area (Å²) in [6, 6.07) is 66.0. The number of carbonyl (C=O) groups excluding carboxylic acids is 3. The second-order valence-corrected chi connectivity index (χ2v) is 32.9. The number of nitrogens with one attached hydrogen (secondary N) is 4. The number of phenolic OH excluding ortho intramolecular Hbond substituents is 2. The van der Waals surface area contributed by atoms with Crippen molar-refractivity contribution in [1.29, 1.82) is 5.26 Å². The van der Waals surface area contributed by atoms with Crippen molar-refractivity contribution in [2.75, 3.05) is 76.9 Å². The second kappa shape index (κ2) is 39.1. The topological polar surface area (TPSA) is 289 Å². The smallest absolute Gasteiger partial charge is 0.333 e. The number of hydrogen-bond acceptors (Lipinski definition) is 18. The number of benzene rings is 9. The Morgan fingerprint density at radius 3 is 2.11 bits per heavy atom. The van der Waals surface area contributed by atoms with Gasteiger partial charge in [0.2, 0.25) is 0 Å². The fourth-order valence-electron chi connectivity index (χ4n) is 16.8. The van der Waals surface area contributed by atoms with Gasteiger partial charge in [-0.2, -0.15) is 5.26 Å². The third kappa shape index (κ3) is 19.5. The van der Waals surface area contributed by atoms with Crippen LogP contribution in [0.5, 0.6) is 17.2 Å². The number of aryl methyl sites for hydroxylation is 1. The first kappa shape index (κ1) is 89.3. The molecule has 2 saturated heterocycles. The molecule has 4 aliphatic rings. The molecule has 2 fully saturated rings. The number of aromatic hydroxyl groups is 2. The number of methoxy groups -OCH3 is 1. The van der Waals surface area contributed by atoms with Crippen LogP contribution in [0.15, 0.2) is 228 Å². The van der Waals surface area contributed by atoms with Crippen molar-refractivity contribution in [3.8, 4) is 73.7 Å². The van der Waals surface area contributed by atoms with Crippen LogP contribution in [0.1, 0.15) is 144 Å². The van der Waals surface area contributed by atoms with Gasteiger partial charge in [0, 0.05) is 93.6 Å². The zero-order valence-electron chi connectivity index (χ0n) is 72.6. The average Bonchev–Trinajstić information content (AvgIpc) is 1.59. The Morgan fingerprint density at radius 2 is 1.42 bits per heavy atom. The first-order valence-electron chi connectivity index (χ1n) is 42.5. The summed E-state index contributed by atoms with van der Waals surface area (Å²) in [6.07, 6.45) is 7.15. The Hall–Kier alpha value is -14.0. The number of morpholine rings is 2. The number of nitrogens with zero attached hydrogens (tertiary/aromatic N) is 9. The minimum atomic E-state index is -0.609. The monoisotopic (exact) mass is 1700 g/mol. The number of rotatable bonds is 18. The summed E-state index contributed by atoms with van der Waals surface area (Å²) >= 11 is 0. The number of fused-ring (bicyclic) bond motifs is 4. The molecule has 6 N–H and O–H groups in total. The Bertz CT molecular complexity index is 6520. The van der Waals surface area contributed by atoms with Gasteiger partial charge in [-0.25, -0.2) is 14.2 Å². The van der Waals surface area contributed by atoms with Crippen molar-refractivity contribution in [3.05, 3.63) is 296 Å². The Kier molecular flexibility index (Phi) is 27.5. The summed E-state index contributed by atoms with van der Waals surface area (Å²) in [5.41, 5.74) is 21.2. The molecule has 127 heavy (non-hydrogen) atoms. The fraction of sp³-hybridized carbons (Fsp3) is 0.272. The third-order valence-electron chi connectivity index (χ3n) is 23.5. The zero-order valence-corrected chi connectivity index (χ0v) is 72.6. The maximum absolute atomic E-state index is 13.9. The van der Waals surface area contributed by atoms with E-state index in [1.54, 1.807) is 47.8 Å². The molecule has 1 aliphatic carbocycles. The van der Waals surface area contributed by atoms with Gasteiger partial charge in [0.25, 0.3) is 17.7 Å². The molecule has 24 heteroatoms. The number of phenols is 2. The number of halogens is 1. The number of aromatic nitrogens is 6. The Labute approximate surface area is 738 Å². The van der Waals surface area contributed by atoms with E-state index in [0.29, 0.717) is 53.0 Å². The number of carbonyl (C=O) groups is 3. The van der Waals surface area contributed by atoms with Gasteiger partial charge in [0.1, 0.15) is 28.9 Å². The van der Waals surface area contributed by atoms with E-state index in [9.17, 15) is 39.0 Å². The van der Waals surface area contributed by atoms with Crippen LogP contribution in [-0.2, 0) is 41.4 Å². The highest BCUT2D eigenvalue weighted by Crippen LogP contribution is 2.46. The molecule has 3 aliphatic heterocycles. The van der Waals surface area contributed by atoms with Gasteiger partial charge in [0.05, 0.1) is 107 Å². The van der Waals surface area contributed by atoms with Gasteiger partial charge < -0.3 is 55.1 Å². The van der Waals surface area contributed by atoms with Crippen LogP contribution in [0.3, 0.4) is 0 Å². The first-order valence-corrected chi connectivity index (χ1v) is 42.5. The van der Waals surface area contributed by atoms with Gasteiger partial charge in [-0.05, 0) is 230 Å². The lowest BCUT2D eigenvalue weighted by Crippen LogP contribution is -2.45. The molecule has 650 valence electrons. The molecule has 14 aromatic rings. The summed E-state index contributed by atoms with van der Waals surface area (Å²) < 4.78 is 39.4. The number of hydrogen-bond donors (Lipinski definition) is 6. The molecular weight excluding hydrogens is 1600 g/mol. The van der Waals surface area contributed by atoms with Gasteiger partial charge in [-0.15, -0.1) is 0 Å². The molecule has 18 rings (SSSR count). The molecule has 3 amide bonds. The van der Waals surface area contributed by atoms with Gasteiger partial charge in [0.15, 0.2) is 11.5 Å². The summed E-state index contributed by atoms with van der Waals surface area (Å²) in [5.74, 6) is 0.833. The molecule has 8 heterocycles. The number of imidazole rings is 1. The molecule has 2 atom stereocenters. The van der Waals surface area contributed by atoms with Crippen LogP contribution in [-0.4, -0.2) is 141 Å². The average molecular weight is 1710 g/mol. The third-order valence-corrected chi connectivity index (χ3v) is 23.5. The Balaban J connectivity index is 0.000000138. The van der Waals surface area contributed by atoms with Crippen molar-refractivity contribution in [3.63, 3.8) is 0 Å². The number of nitriles is 1. The Morgan fingerprint density at radius 1 is 0.717 bits per heavy atom. The molecule has 0 bridgehead atoms. The second-order valence-electron chi connectivity index (χ2n) is 32.9. The maximum Gasteiger partial charge on any atom is 0.333 e. The van der Waals surface area contributed by atoms with E-state index >= 15 is 0 Å². The van der Waals surface area contributed by atoms with Gasteiger partial charge in [-0.1, -0.05) is 136 Å². The summed E-state index contributed by atoms with van der Waals surface area (Å²) in [7, 11) is 5.34. The lowest BCUT2D eigenvalue weighted by Gasteiger charge is -2.36. The number of para-hydroxylation sites is 1. The molecular formula is C103H106FN13O10. The molecule has 5 aromatic heterocycles. The number of ether oxygens (including phenoxy) is 3. The molecule has 0 radical (unpaired) electrons. The summed E-state index contributed by atoms with van der Waals surface area (Å²) in [5, 5.41) is 48.2. The van der Waals surface area contributed by atoms with E-state index in [-0.39, 0.29) is 77.7 Å². The van der Waals surface area contributed by atoms with E-state index in [1.807, 2.05) is 188 Å². The van der Waals surface area contributed by atoms with E-state index < -0.39 is 5.41 Å². The fourth-order valence-corrected chi connectivity index (χ4v) is 16.8. The quantitative estimate of drug-likeness (QED) is 0.0465. The predicted octanol–water partition coefficient (Wildman–Crippen LogP) is 18.7. The summed E-state index contributed by atoms with van der Waals surface area (Å²) in [4.78, 5) is 69.8. The number of anilines is 2. The van der Waals surface area contributed by atoms with Crippen LogP contribution < -0.4 is 36.6 Å². The number of pyridine rings is 3. The number of amides is 3. The molecule has 9 aromatic carbocycles. The van der Waals surface area contributed by atoms with Crippen LogP contribution in [0.25, 0.3) is 94.4 Å². The maximum atomic E-state index is 13.9. The minimum Gasteiger partial charge on any atom is -0.508 e. The van der Waals surface area contributed by atoms with E-state index in [1.165, 1.54) is 28.8 Å². The van der Waals surface area contributed by atoms with Crippen molar-refractivity contribution in [2.45, 2.75) is 112 Å². The summed E-state index contributed by atoms with van der Waals surface area (Å²) in [6.45, 7) is 23.2. The molecule has 0 unspecified atom stereocenters. The van der Waals surface area contributed by atoms with Crippen LogP contribution >= 0.6 is 0 Å².